The van der Waals surface area contributed by atoms with E-state index in [9.17, 15) is 9.90 Å². The van der Waals surface area contributed by atoms with Gasteiger partial charge in [-0.1, -0.05) is 25.1 Å². The Hall–Kier alpha value is -1.55. The van der Waals surface area contributed by atoms with E-state index >= 15 is 0 Å². The third-order valence-corrected chi connectivity index (χ3v) is 3.73. The Labute approximate surface area is 120 Å². The third kappa shape index (κ3) is 2.80. The first-order valence-electron chi connectivity index (χ1n) is 7.16. The van der Waals surface area contributed by atoms with Gasteiger partial charge in [-0.05, 0) is 26.8 Å². The number of aliphatic hydroxyl groups excluding tert-OH is 1. The molecule has 4 heteroatoms. The molecule has 3 unspecified atom stereocenters. The van der Waals surface area contributed by atoms with E-state index in [1.165, 1.54) is 0 Å². The minimum absolute atomic E-state index is 0.0361. The maximum absolute atomic E-state index is 12.7. The molecule has 0 aromatic heterocycles. The molecule has 0 fully saturated rings. The smallest absolute Gasteiger partial charge is 0.264 e. The van der Waals surface area contributed by atoms with Gasteiger partial charge in [0.2, 0.25) is 0 Å². The van der Waals surface area contributed by atoms with Crippen LogP contribution in [0.2, 0.25) is 0 Å². The molecule has 0 saturated carbocycles. The maximum atomic E-state index is 12.7. The number of benzene rings is 1. The average molecular weight is 277 g/mol. The van der Waals surface area contributed by atoms with Crippen molar-refractivity contribution in [3.63, 3.8) is 0 Å². The second-order valence-corrected chi connectivity index (χ2v) is 5.80. The van der Waals surface area contributed by atoms with Crippen LogP contribution < -0.4 is 4.74 Å². The van der Waals surface area contributed by atoms with Gasteiger partial charge in [0.1, 0.15) is 5.75 Å². The van der Waals surface area contributed by atoms with Crippen LogP contribution in [0.15, 0.2) is 24.3 Å². The molecule has 20 heavy (non-hydrogen) atoms. The number of hydrogen-bond acceptors (Lipinski definition) is 3. The largest absolute Gasteiger partial charge is 0.480 e. The summed E-state index contributed by atoms with van der Waals surface area (Å²) in [7, 11) is 0. The average Bonchev–Trinajstić information content (AvgIpc) is 2.73. The minimum Gasteiger partial charge on any atom is -0.480 e. The molecule has 3 atom stereocenters. The minimum atomic E-state index is -0.541. The second-order valence-electron chi connectivity index (χ2n) is 5.80. The quantitative estimate of drug-likeness (QED) is 0.917. The van der Waals surface area contributed by atoms with Gasteiger partial charge in [0.25, 0.3) is 5.91 Å². The van der Waals surface area contributed by atoms with E-state index in [4.69, 9.17) is 4.74 Å². The van der Waals surface area contributed by atoms with Crippen molar-refractivity contribution in [2.24, 2.45) is 0 Å². The van der Waals surface area contributed by atoms with Gasteiger partial charge in [0.05, 0.1) is 6.10 Å². The molecule has 110 valence electrons. The normalized spacial score (nSPS) is 22.3. The Morgan fingerprint density at radius 2 is 2.00 bits per heavy atom. The van der Waals surface area contributed by atoms with E-state index in [-0.39, 0.29) is 17.9 Å². The van der Waals surface area contributed by atoms with Crippen molar-refractivity contribution in [1.82, 2.24) is 4.90 Å². The van der Waals surface area contributed by atoms with Crippen LogP contribution in [0.1, 0.15) is 39.2 Å². The SMILES string of the molecule is CC(O)CN(C(=O)C1Oc2ccccc2C1C)C(C)C. The molecular weight excluding hydrogens is 254 g/mol. The molecule has 0 spiro atoms. The number of para-hydroxylation sites is 1. The van der Waals surface area contributed by atoms with Gasteiger partial charge in [0, 0.05) is 24.1 Å². The van der Waals surface area contributed by atoms with Gasteiger partial charge in [-0.3, -0.25) is 4.79 Å². The summed E-state index contributed by atoms with van der Waals surface area (Å²) in [5.74, 6) is 0.776. The molecule has 0 aliphatic carbocycles. The third-order valence-electron chi connectivity index (χ3n) is 3.73. The number of nitrogens with zero attached hydrogens (tertiary/aromatic N) is 1. The lowest BCUT2D eigenvalue weighted by atomic mass is 9.96. The maximum Gasteiger partial charge on any atom is 0.264 e. The van der Waals surface area contributed by atoms with Crippen LogP contribution >= 0.6 is 0 Å². The molecule has 1 aromatic carbocycles. The van der Waals surface area contributed by atoms with Crippen molar-refractivity contribution in [2.75, 3.05) is 6.54 Å². The number of hydrogen-bond donors (Lipinski definition) is 1. The van der Waals surface area contributed by atoms with Crippen molar-refractivity contribution < 1.29 is 14.6 Å². The van der Waals surface area contributed by atoms with Crippen LogP contribution in [0.3, 0.4) is 0 Å². The molecule has 1 aliphatic heterocycles. The number of carbonyl (C=O) groups is 1. The number of carbonyl (C=O) groups excluding carboxylic acids is 1. The Bertz CT molecular complexity index is 484. The van der Waals surface area contributed by atoms with E-state index in [1.807, 2.05) is 45.0 Å². The van der Waals surface area contributed by atoms with Gasteiger partial charge in [-0.25, -0.2) is 0 Å². The topological polar surface area (TPSA) is 49.8 Å². The summed E-state index contributed by atoms with van der Waals surface area (Å²) in [5.41, 5.74) is 1.08. The van der Waals surface area contributed by atoms with Gasteiger partial charge in [-0.15, -0.1) is 0 Å². The molecule has 1 heterocycles. The van der Waals surface area contributed by atoms with E-state index in [0.717, 1.165) is 11.3 Å². The fourth-order valence-electron chi connectivity index (χ4n) is 2.63. The van der Waals surface area contributed by atoms with Crippen molar-refractivity contribution in [3.8, 4) is 5.75 Å². The zero-order chi connectivity index (χ0) is 14.9. The van der Waals surface area contributed by atoms with Gasteiger partial charge >= 0.3 is 0 Å². The van der Waals surface area contributed by atoms with Crippen LogP contribution in [0.25, 0.3) is 0 Å². The lowest BCUT2D eigenvalue weighted by molar-refractivity contribution is -0.141. The summed E-state index contributed by atoms with van der Waals surface area (Å²) < 4.78 is 5.82. The monoisotopic (exact) mass is 277 g/mol. The number of fused-ring (bicyclic) bond motifs is 1. The number of rotatable bonds is 4. The standard InChI is InChI=1S/C16H23NO3/c1-10(2)17(9-11(3)18)16(19)15-12(4)13-7-5-6-8-14(13)20-15/h5-8,10-12,15,18H,9H2,1-4H3. The summed E-state index contributed by atoms with van der Waals surface area (Å²) in [4.78, 5) is 14.4. The van der Waals surface area contributed by atoms with Crippen molar-refractivity contribution in [1.29, 1.82) is 0 Å². The Morgan fingerprint density at radius 1 is 1.35 bits per heavy atom. The Kier molecular flexibility index (Phi) is 4.33. The van der Waals surface area contributed by atoms with Crippen LogP contribution in [-0.4, -0.2) is 40.7 Å². The Morgan fingerprint density at radius 3 is 2.55 bits per heavy atom. The zero-order valence-electron chi connectivity index (χ0n) is 12.5. The summed E-state index contributed by atoms with van der Waals surface area (Å²) >= 11 is 0. The van der Waals surface area contributed by atoms with Crippen molar-refractivity contribution in [3.05, 3.63) is 29.8 Å². The molecule has 2 rings (SSSR count). The highest BCUT2D eigenvalue weighted by Gasteiger charge is 2.39. The highest BCUT2D eigenvalue weighted by atomic mass is 16.5. The second kappa shape index (κ2) is 5.83. The predicted molar refractivity (Wildman–Crippen MR) is 77.8 cm³/mol. The van der Waals surface area contributed by atoms with Crippen molar-refractivity contribution >= 4 is 5.91 Å². The summed E-state index contributed by atoms with van der Waals surface area (Å²) in [5, 5.41) is 9.57. The fourth-order valence-corrected chi connectivity index (χ4v) is 2.63. The lowest BCUT2D eigenvalue weighted by Gasteiger charge is -2.31. The van der Waals surface area contributed by atoms with E-state index in [1.54, 1.807) is 11.8 Å². The summed E-state index contributed by atoms with van der Waals surface area (Å²) in [6, 6.07) is 7.81. The molecular formula is C16H23NO3. The molecule has 1 aliphatic rings. The first-order valence-corrected chi connectivity index (χ1v) is 7.16. The highest BCUT2D eigenvalue weighted by molar-refractivity contribution is 5.84. The molecule has 4 nitrogen and oxygen atoms in total. The van der Waals surface area contributed by atoms with E-state index in [2.05, 4.69) is 0 Å². The molecule has 1 N–H and O–H groups in total. The van der Waals surface area contributed by atoms with Crippen molar-refractivity contribution in [2.45, 2.75) is 51.9 Å². The van der Waals surface area contributed by atoms with Gasteiger partial charge in [-0.2, -0.15) is 0 Å². The van der Waals surface area contributed by atoms with Crippen LogP contribution in [-0.2, 0) is 4.79 Å². The fraction of sp³-hybridized carbons (Fsp3) is 0.562. The lowest BCUT2D eigenvalue weighted by Crippen LogP contribution is -2.48. The van der Waals surface area contributed by atoms with Gasteiger partial charge < -0.3 is 14.7 Å². The zero-order valence-corrected chi connectivity index (χ0v) is 12.5. The summed E-state index contributed by atoms with van der Waals surface area (Å²) in [6.45, 7) is 7.94. The first kappa shape index (κ1) is 14.9. The molecule has 0 bridgehead atoms. The van der Waals surface area contributed by atoms with E-state index < -0.39 is 12.2 Å². The number of aliphatic hydroxyl groups is 1. The van der Waals surface area contributed by atoms with Crippen LogP contribution in [0.4, 0.5) is 0 Å². The molecule has 1 aromatic rings. The number of amides is 1. The predicted octanol–water partition coefficient (Wildman–Crippen LogP) is 2.17. The van der Waals surface area contributed by atoms with Crippen LogP contribution in [0.5, 0.6) is 5.75 Å². The molecule has 0 saturated heterocycles. The van der Waals surface area contributed by atoms with Crippen LogP contribution in [0, 0.1) is 0 Å². The Balaban J connectivity index is 2.18. The molecule has 0 radical (unpaired) electrons. The summed E-state index contributed by atoms with van der Waals surface area (Å²) in [6.07, 6.45) is -1.03. The number of ether oxygens (including phenoxy) is 1. The highest BCUT2D eigenvalue weighted by Crippen LogP contribution is 2.38. The first-order chi connectivity index (χ1) is 9.41. The van der Waals surface area contributed by atoms with E-state index in [0.29, 0.717) is 6.54 Å². The molecule has 1 amide bonds. The van der Waals surface area contributed by atoms with Gasteiger partial charge in [0.15, 0.2) is 6.10 Å².